The molecular weight excluding hydrogens is 196 g/mol. The Bertz CT molecular complexity index is 351. The van der Waals surface area contributed by atoms with Gasteiger partial charge in [0.1, 0.15) is 0 Å². The summed E-state index contributed by atoms with van der Waals surface area (Å²) in [6.45, 7) is 2.19. The van der Waals surface area contributed by atoms with Gasteiger partial charge in [0.15, 0.2) is 11.6 Å². The Morgan fingerprint density at radius 1 is 1.20 bits per heavy atom. The van der Waals surface area contributed by atoms with E-state index in [0.717, 1.165) is 12.5 Å². The van der Waals surface area contributed by atoms with Gasteiger partial charge in [-0.05, 0) is 30.9 Å². The maximum atomic E-state index is 12.9. The van der Waals surface area contributed by atoms with E-state index >= 15 is 0 Å². The second-order valence-corrected chi connectivity index (χ2v) is 4.29. The van der Waals surface area contributed by atoms with E-state index in [2.05, 4.69) is 12.2 Å². The fourth-order valence-electron chi connectivity index (χ4n) is 2.16. The first-order valence-electron chi connectivity index (χ1n) is 5.38. The van der Waals surface area contributed by atoms with Crippen molar-refractivity contribution in [1.82, 2.24) is 0 Å². The first-order valence-corrected chi connectivity index (χ1v) is 5.38. The summed E-state index contributed by atoms with van der Waals surface area (Å²) in [5.74, 6) is -0.969. The highest BCUT2D eigenvalue weighted by Crippen LogP contribution is 2.28. The van der Waals surface area contributed by atoms with Crippen molar-refractivity contribution in [1.29, 1.82) is 0 Å². The van der Waals surface area contributed by atoms with Gasteiger partial charge >= 0.3 is 0 Å². The van der Waals surface area contributed by atoms with E-state index in [4.69, 9.17) is 0 Å². The minimum absolute atomic E-state index is 0.398. The molecule has 0 amide bonds. The van der Waals surface area contributed by atoms with Gasteiger partial charge in [-0.1, -0.05) is 13.3 Å². The molecule has 3 heteroatoms. The molecule has 1 aliphatic carbocycles. The number of halogens is 2. The molecule has 0 aromatic heterocycles. The lowest BCUT2D eigenvalue weighted by atomic mass is 10.1. The maximum Gasteiger partial charge on any atom is 0.160 e. The number of benzene rings is 1. The van der Waals surface area contributed by atoms with Gasteiger partial charge in [-0.15, -0.1) is 0 Å². The summed E-state index contributed by atoms with van der Waals surface area (Å²) in [7, 11) is 0. The topological polar surface area (TPSA) is 12.0 Å². The van der Waals surface area contributed by atoms with Crippen molar-refractivity contribution in [2.45, 2.75) is 32.2 Å². The van der Waals surface area contributed by atoms with Gasteiger partial charge in [0, 0.05) is 17.8 Å². The zero-order valence-corrected chi connectivity index (χ0v) is 8.76. The van der Waals surface area contributed by atoms with E-state index < -0.39 is 11.6 Å². The molecule has 1 aliphatic rings. The zero-order valence-electron chi connectivity index (χ0n) is 8.76. The quantitative estimate of drug-likeness (QED) is 0.788. The SMILES string of the molecule is C[C@@H]1CCC[C@H]1Nc1ccc(F)c(F)c1. The van der Waals surface area contributed by atoms with Crippen LogP contribution in [-0.2, 0) is 0 Å². The van der Waals surface area contributed by atoms with Crippen LogP contribution in [0.2, 0.25) is 0 Å². The van der Waals surface area contributed by atoms with Gasteiger partial charge in [0.05, 0.1) is 0 Å². The fraction of sp³-hybridized carbons (Fsp3) is 0.500. The summed E-state index contributed by atoms with van der Waals surface area (Å²) in [5, 5.41) is 3.25. The second kappa shape index (κ2) is 4.17. The highest BCUT2D eigenvalue weighted by atomic mass is 19.2. The van der Waals surface area contributed by atoms with Crippen LogP contribution in [0.3, 0.4) is 0 Å². The molecule has 2 atom stereocenters. The standard InChI is InChI=1S/C12H15F2N/c1-8-3-2-4-12(8)15-9-5-6-10(13)11(14)7-9/h5-8,12,15H,2-4H2,1H3/t8-,12-/m1/s1. The molecule has 1 N–H and O–H groups in total. The van der Waals surface area contributed by atoms with Crippen LogP contribution in [0.25, 0.3) is 0 Å². The van der Waals surface area contributed by atoms with Crippen LogP contribution in [0.5, 0.6) is 0 Å². The number of anilines is 1. The van der Waals surface area contributed by atoms with Crippen LogP contribution >= 0.6 is 0 Å². The van der Waals surface area contributed by atoms with Gasteiger partial charge in [-0.25, -0.2) is 8.78 Å². The number of hydrogen-bond acceptors (Lipinski definition) is 1. The average molecular weight is 211 g/mol. The molecular formula is C12H15F2N. The first-order chi connectivity index (χ1) is 7.16. The van der Waals surface area contributed by atoms with Crippen molar-refractivity contribution in [3.8, 4) is 0 Å². The van der Waals surface area contributed by atoms with Crippen molar-refractivity contribution >= 4 is 5.69 Å². The maximum absolute atomic E-state index is 12.9. The minimum Gasteiger partial charge on any atom is -0.382 e. The minimum atomic E-state index is -0.792. The van der Waals surface area contributed by atoms with Crippen molar-refractivity contribution < 1.29 is 8.78 Å². The molecule has 0 spiro atoms. The predicted octanol–water partition coefficient (Wildman–Crippen LogP) is 3.57. The van der Waals surface area contributed by atoms with E-state index in [1.807, 2.05) is 0 Å². The Balaban J connectivity index is 2.07. The normalized spacial score (nSPS) is 25.5. The van der Waals surface area contributed by atoms with Crippen molar-refractivity contribution in [2.75, 3.05) is 5.32 Å². The van der Waals surface area contributed by atoms with Crippen molar-refractivity contribution in [3.63, 3.8) is 0 Å². The summed E-state index contributed by atoms with van der Waals surface area (Å²) in [6, 6.07) is 4.37. The molecule has 1 aromatic carbocycles. The lowest BCUT2D eigenvalue weighted by molar-refractivity contribution is 0.508. The van der Waals surface area contributed by atoms with Crippen LogP contribution < -0.4 is 5.32 Å². The lowest BCUT2D eigenvalue weighted by Crippen LogP contribution is -2.21. The van der Waals surface area contributed by atoms with Crippen LogP contribution in [0.1, 0.15) is 26.2 Å². The summed E-state index contributed by atoms with van der Waals surface area (Å²) < 4.78 is 25.6. The Hall–Kier alpha value is -1.12. The summed E-state index contributed by atoms with van der Waals surface area (Å²) >= 11 is 0. The highest BCUT2D eigenvalue weighted by Gasteiger charge is 2.23. The Morgan fingerprint density at radius 2 is 2.00 bits per heavy atom. The van der Waals surface area contributed by atoms with Gasteiger partial charge in [-0.2, -0.15) is 0 Å². The molecule has 0 saturated heterocycles. The molecule has 82 valence electrons. The van der Waals surface area contributed by atoms with Gasteiger partial charge < -0.3 is 5.32 Å². The van der Waals surface area contributed by atoms with Crippen molar-refractivity contribution in [2.24, 2.45) is 5.92 Å². The molecule has 1 nitrogen and oxygen atoms in total. The second-order valence-electron chi connectivity index (χ2n) is 4.29. The van der Waals surface area contributed by atoms with Gasteiger partial charge in [0.2, 0.25) is 0 Å². The smallest absolute Gasteiger partial charge is 0.160 e. The number of nitrogens with one attached hydrogen (secondary N) is 1. The third-order valence-corrected chi connectivity index (χ3v) is 3.13. The third-order valence-electron chi connectivity index (χ3n) is 3.13. The third kappa shape index (κ3) is 2.28. The average Bonchev–Trinajstić information content (AvgIpc) is 2.59. The van der Waals surface area contributed by atoms with E-state index in [0.29, 0.717) is 17.6 Å². The van der Waals surface area contributed by atoms with Gasteiger partial charge in [-0.3, -0.25) is 0 Å². The largest absolute Gasteiger partial charge is 0.382 e. The highest BCUT2D eigenvalue weighted by molar-refractivity contribution is 5.44. The molecule has 0 unspecified atom stereocenters. The molecule has 1 fully saturated rings. The lowest BCUT2D eigenvalue weighted by Gasteiger charge is -2.18. The predicted molar refractivity (Wildman–Crippen MR) is 56.8 cm³/mol. The number of hydrogen-bond donors (Lipinski definition) is 1. The Labute approximate surface area is 88.5 Å². The molecule has 1 aromatic rings. The zero-order chi connectivity index (χ0) is 10.8. The van der Waals surface area contributed by atoms with Gasteiger partial charge in [0.25, 0.3) is 0 Å². The van der Waals surface area contributed by atoms with Crippen LogP contribution in [0.4, 0.5) is 14.5 Å². The Morgan fingerprint density at radius 3 is 2.60 bits per heavy atom. The van der Waals surface area contributed by atoms with E-state index in [-0.39, 0.29) is 0 Å². The number of rotatable bonds is 2. The molecule has 15 heavy (non-hydrogen) atoms. The van der Waals surface area contributed by atoms with E-state index in [9.17, 15) is 8.78 Å². The first kappa shape index (κ1) is 10.4. The summed E-state index contributed by atoms with van der Waals surface area (Å²) in [6.07, 6.45) is 3.53. The van der Waals surface area contributed by atoms with Crippen molar-refractivity contribution in [3.05, 3.63) is 29.8 Å². The fourth-order valence-corrected chi connectivity index (χ4v) is 2.16. The van der Waals surface area contributed by atoms with E-state index in [1.165, 1.54) is 18.9 Å². The molecule has 0 heterocycles. The van der Waals surface area contributed by atoms with Crippen LogP contribution in [0.15, 0.2) is 18.2 Å². The summed E-state index contributed by atoms with van der Waals surface area (Å²) in [5.41, 5.74) is 0.674. The van der Waals surface area contributed by atoms with E-state index in [1.54, 1.807) is 6.07 Å². The monoisotopic (exact) mass is 211 g/mol. The summed E-state index contributed by atoms with van der Waals surface area (Å²) in [4.78, 5) is 0. The molecule has 2 rings (SSSR count). The van der Waals surface area contributed by atoms with Crippen LogP contribution in [0, 0.1) is 17.6 Å². The molecule has 0 radical (unpaired) electrons. The molecule has 1 saturated carbocycles. The molecule has 0 bridgehead atoms. The Kier molecular flexibility index (Phi) is 2.89. The van der Waals surface area contributed by atoms with Crippen LogP contribution in [-0.4, -0.2) is 6.04 Å². The molecule has 0 aliphatic heterocycles.